The minimum Gasteiger partial charge on any atom is -0.461 e. The summed E-state index contributed by atoms with van der Waals surface area (Å²) < 4.78 is 10.8. The normalized spacial score (nSPS) is 17.8. The molecule has 0 aliphatic carbocycles. The summed E-state index contributed by atoms with van der Waals surface area (Å²) in [6.07, 6.45) is 2.37. The molecular weight excluding hydrogens is 340 g/mol. The van der Waals surface area contributed by atoms with Crippen LogP contribution in [0.25, 0.3) is 11.3 Å². The number of methoxy groups -OCH3 is 1. The maximum Gasteiger partial charge on any atom is 0.253 e. The maximum absolute atomic E-state index is 12.8. The summed E-state index contributed by atoms with van der Waals surface area (Å²) in [7, 11) is 3.65. The number of benzene rings is 1. The molecular formula is C22H30N2O3. The van der Waals surface area contributed by atoms with Gasteiger partial charge in [0.1, 0.15) is 11.5 Å². The van der Waals surface area contributed by atoms with Gasteiger partial charge in [0.15, 0.2) is 0 Å². The Hall–Kier alpha value is -2.11. The molecule has 1 fully saturated rings. The van der Waals surface area contributed by atoms with E-state index in [1.807, 2.05) is 55.3 Å². The summed E-state index contributed by atoms with van der Waals surface area (Å²) in [5, 5.41) is 0. The highest BCUT2D eigenvalue weighted by Gasteiger charge is 2.23. The lowest BCUT2D eigenvalue weighted by Crippen LogP contribution is -2.42. The van der Waals surface area contributed by atoms with Crippen molar-refractivity contribution in [3.63, 3.8) is 0 Å². The quantitative estimate of drug-likeness (QED) is 0.746. The summed E-state index contributed by atoms with van der Waals surface area (Å²) in [6.45, 7) is 6.63. The molecule has 1 aliphatic heterocycles. The molecule has 1 aromatic carbocycles. The van der Waals surface area contributed by atoms with Crippen molar-refractivity contribution in [2.24, 2.45) is 5.92 Å². The number of likely N-dealkylation sites (tertiary alicyclic amines) is 1. The summed E-state index contributed by atoms with van der Waals surface area (Å²) in [4.78, 5) is 17.1. The number of ether oxygens (including phenoxy) is 1. The van der Waals surface area contributed by atoms with Crippen molar-refractivity contribution in [3.05, 3.63) is 47.7 Å². The molecule has 0 bridgehead atoms. The minimum atomic E-state index is 0.0752. The zero-order chi connectivity index (χ0) is 19.2. The van der Waals surface area contributed by atoms with E-state index < -0.39 is 0 Å². The van der Waals surface area contributed by atoms with Crippen molar-refractivity contribution in [2.45, 2.75) is 19.8 Å². The lowest BCUT2D eigenvalue weighted by atomic mass is 9.97. The number of carbonyl (C=O) groups is 1. The van der Waals surface area contributed by atoms with Crippen molar-refractivity contribution in [1.82, 2.24) is 9.80 Å². The van der Waals surface area contributed by atoms with E-state index in [1.54, 1.807) is 7.11 Å². The van der Waals surface area contributed by atoms with Crippen molar-refractivity contribution in [3.8, 4) is 11.3 Å². The van der Waals surface area contributed by atoms with Gasteiger partial charge in [0.2, 0.25) is 0 Å². The second kappa shape index (κ2) is 9.20. The van der Waals surface area contributed by atoms with Gasteiger partial charge in [-0.15, -0.1) is 0 Å². The van der Waals surface area contributed by atoms with Crippen LogP contribution in [0.3, 0.4) is 0 Å². The molecule has 0 saturated carbocycles. The molecule has 1 aliphatic rings. The van der Waals surface area contributed by atoms with Crippen LogP contribution in [-0.2, 0) is 4.74 Å². The standard InChI is InChI=1S/C22H30N2O3/c1-17-6-11-21(27-17)19-7-9-20(10-8-19)22(25)23(2)15-18-5-4-12-24(16-18)13-14-26-3/h6-11,18H,4-5,12-16H2,1-3H3/t18-/m0/s1. The first-order valence-electron chi connectivity index (χ1n) is 9.70. The first-order chi connectivity index (χ1) is 13.1. The smallest absolute Gasteiger partial charge is 0.253 e. The number of piperidine rings is 1. The van der Waals surface area contributed by atoms with Crippen LogP contribution >= 0.6 is 0 Å². The second-order valence-corrected chi connectivity index (χ2v) is 7.47. The van der Waals surface area contributed by atoms with Crippen molar-refractivity contribution < 1.29 is 13.9 Å². The van der Waals surface area contributed by atoms with Gasteiger partial charge in [-0.3, -0.25) is 4.79 Å². The van der Waals surface area contributed by atoms with Crippen LogP contribution < -0.4 is 0 Å². The van der Waals surface area contributed by atoms with E-state index in [9.17, 15) is 4.79 Å². The first-order valence-corrected chi connectivity index (χ1v) is 9.70. The molecule has 0 N–H and O–H groups in total. The molecule has 1 atom stereocenters. The maximum atomic E-state index is 12.8. The summed E-state index contributed by atoms with van der Waals surface area (Å²) in [5.74, 6) is 2.32. The topological polar surface area (TPSA) is 45.9 Å². The Bertz CT molecular complexity index is 738. The van der Waals surface area contributed by atoms with Gasteiger partial charge in [-0.25, -0.2) is 0 Å². The molecule has 2 heterocycles. The molecule has 1 saturated heterocycles. The largest absolute Gasteiger partial charge is 0.461 e. The Morgan fingerprint density at radius 1 is 1.26 bits per heavy atom. The van der Waals surface area contributed by atoms with Crippen LogP contribution in [0.4, 0.5) is 0 Å². The predicted octanol–water partition coefficient (Wildman–Crippen LogP) is 3.69. The van der Waals surface area contributed by atoms with Crippen molar-refractivity contribution in [1.29, 1.82) is 0 Å². The number of hydrogen-bond donors (Lipinski definition) is 0. The Balaban J connectivity index is 1.56. The highest BCUT2D eigenvalue weighted by Crippen LogP contribution is 2.23. The fourth-order valence-electron chi connectivity index (χ4n) is 3.78. The fourth-order valence-corrected chi connectivity index (χ4v) is 3.78. The average molecular weight is 370 g/mol. The van der Waals surface area contributed by atoms with E-state index in [4.69, 9.17) is 9.15 Å². The number of furan rings is 1. The summed E-state index contributed by atoms with van der Waals surface area (Å²) in [6, 6.07) is 11.6. The monoisotopic (exact) mass is 370 g/mol. The van der Waals surface area contributed by atoms with Crippen LogP contribution in [0.5, 0.6) is 0 Å². The molecule has 3 rings (SSSR count). The Morgan fingerprint density at radius 2 is 2.04 bits per heavy atom. The minimum absolute atomic E-state index is 0.0752. The molecule has 0 unspecified atom stereocenters. The van der Waals surface area contributed by atoms with E-state index in [0.717, 1.165) is 55.4 Å². The second-order valence-electron chi connectivity index (χ2n) is 7.47. The average Bonchev–Trinajstić information content (AvgIpc) is 3.12. The number of amides is 1. The van der Waals surface area contributed by atoms with Crippen molar-refractivity contribution >= 4 is 5.91 Å². The van der Waals surface area contributed by atoms with Crippen LogP contribution in [0, 0.1) is 12.8 Å². The Labute approximate surface area is 161 Å². The highest BCUT2D eigenvalue weighted by atomic mass is 16.5. The predicted molar refractivity (Wildman–Crippen MR) is 107 cm³/mol. The Morgan fingerprint density at radius 3 is 2.70 bits per heavy atom. The number of aryl methyl sites for hydroxylation is 1. The summed E-state index contributed by atoms with van der Waals surface area (Å²) in [5.41, 5.74) is 1.71. The molecule has 0 spiro atoms. The number of rotatable bonds is 7. The molecule has 5 heteroatoms. The highest BCUT2D eigenvalue weighted by molar-refractivity contribution is 5.94. The molecule has 2 aromatic rings. The SMILES string of the molecule is COCCN1CCC[C@@H](CN(C)C(=O)c2ccc(-c3ccc(C)o3)cc2)C1. The molecule has 1 aromatic heterocycles. The number of nitrogens with zero attached hydrogens (tertiary/aromatic N) is 2. The Kier molecular flexibility index (Phi) is 6.69. The van der Waals surface area contributed by atoms with Gasteiger partial charge in [-0.1, -0.05) is 12.1 Å². The third kappa shape index (κ3) is 5.21. The van der Waals surface area contributed by atoms with Crippen LogP contribution in [0.1, 0.15) is 29.0 Å². The van der Waals surface area contributed by atoms with Gasteiger partial charge in [0.05, 0.1) is 6.61 Å². The van der Waals surface area contributed by atoms with E-state index in [0.29, 0.717) is 5.92 Å². The third-order valence-electron chi connectivity index (χ3n) is 5.25. The molecule has 5 nitrogen and oxygen atoms in total. The molecule has 146 valence electrons. The van der Waals surface area contributed by atoms with Gasteiger partial charge in [-0.05, 0) is 56.5 Å². The van der Waals surface area contributed by atoms with Crippen LogP contribution in [0.2, 0.25) is 0 Å². The zero-order valence-corrected chi connectivity index (χ0v) is 16.6. The van der Waals surface area contributed by atoms with Crippen LogP contribution in [0.15, 0.2) is 40.8 Å². The van der Waals surface area contributed by atoms with E-state index in [-0.39, 0.29) is 5.91 Å². The lowest BCUT2D eigenvalue weighted by molar-refractivity contribution is 0.0703. The molecule has 0 radical (unpaired) electrons. The van der Waals surface area contributed by atoms with Gasteiger partial charge >= 0.3 is 0 Å². The van der Waals surface area contributed by atoms with E-state index >= 15 is 0 Å². The lowest BCUT2D eigenvalue weighted by Gasteiger charge is -2.34. The first kappa shape index (κ1) is 19.6. The number of carbonyl (C=O) groups excluding carboxylic acids is 1. The van der Waals surface area contributed by atoms with Crippen molar-refractivity contribution in [2.75, 3.05) is 46.9 Å². The molecule has 1 amide bonds. The van der Waals surface area contributed by atoms with Gasteiger partial charge in [0.25, 0.3) is 5.91 Å². The third-order valence-corrected chi connectivity index (χ3v) is 5.25. The van der Waals surface area contributed by atoms with E-state index in [1.165, 1.54) is 12.8 Å². The van der Waals surface area contributed by atoms with Gasteiger partial charge in [-0.2, -0.15) is 0 Å². The molecule has 27 heavy (non-hydrogen) atoms. The summed E-state index contributed by atoms with van der Waals surface area (Å²) >= 11 is 0. The van der Waals surface area contributed by atoms with Gasteiger partial charge < -0.3 is 19.0 Å². The van der Waals surface area contributed by atoms with Crippen LogP contribution in [-0.4, -0.2) is 62.7 Å². The fraction of sp³-hybridized carbons (Fsp3) is 0.500. The zero-order valence-electron chi connectivity index (χ0n) is 16.6. The van der Waals surface area contributed by atoms with Gasteiger partial charge in [0, 0.05) is 44.9 Å². The van der Waals surface area contributed by atoms with E-state index in [2.05, 4.69) is 4.90 Å². The number of hydrogen-bond acceptors (Lipinski definition) is 4.